The molecule has 0 amide bonds. The van der Waals surface area contributed by atoms with Crippen LogP contribution >= 0.6 is 11.6 Å². The molecule has 0 aromatic carbocycles. The van der Waals surface area contributed by atoms with Gasteiger partial charge < -0.3 is 0 Å². The zero-order valence-electron chi connectivity index (χ0n) is 8.74. The molecular weight excluding hydrogens is 264 g/mol. The molecule has 0 saturated heterocycles. The van der Waals surface area contributed by atoms with Crippen LogP contribution in [0.5, 0.6) is 0 Å². The molecule has 0 aromatic rings. The molecule has 2 N–H and O–H groups in total. The number of hydrogen-bond donors (Lipinski definition) is 2. The van der Waals surface area contributed by atoms with Gasteiger partial charge in [0, 0.05) is 12.1 Å². The van der Waals surface area contributed by atoms with Gasteiger partial charge in [-0.25, -0.2) is 26.3 Å². The van der Waals surface area contributed by atoms with Crippen molar-refractivity contribution in [3.8, 4) is 0 Å². The minimum absolute atomic E-state index is 0.0604. The zero-order chi connectivity index (χ0) is 12.3. The standard InChI is InChI=1S/C6H15ClN2O4S2/c1-6(2,9-14(3,10)11)4-8-15(12,13)5-7/h8-9H,4-5H2,1-3H3. The van der Waals surface area contributed by atoms with E-state index >= 15 is 0 Å². The van der Waals surface area contributed by atoms with Crippen molar-refractivity contribution in [3.63, 3.8) is 0 Å². The Balaban J connectivity index is 4.42. The van der Waals surface area contributed by atoms with Crippen molar-refractivity contribution < 1.29 is 16.8 Å². The second-order valence-corrected chi connectivity index (χ2v) is 7.94. The maximum absolute atomic E-state index is 11.0. The fourth-order valence-electron chi connectivity index (χ4n) is 0.867. The molecule has 15 heavy (non-hydrogen) atoms. The molecular formula is C6H15ClN2O4S2. The lowest BCUT2D eigenvalue weighted by molar-refractivity contribution is 0.446. The molecule has 0 bridgehead atoms. The van der Waals surface area contributed by atoms with Crippen molar-refractivity contribution in [1.82, 2.24) is 9.44 Å². The van der Waals surface area contributed by atoms with E-state index in [0.29, 0.717) is 0 Å². The molecule has 0 radical (unpaired) electrons. The predicted molar refractivity (Wildman–Crippen MR) is 59.7 cm³/mol. The Morgan fingerprint density at radius 1 is 1.20 bits per heavy atom. The average molecular weight is 279 g/mol. The van der Waals surface area contributed by atoms with Crippen LogP contribution < -0.4 is 9.44 Å². The van der Waals surface area contributed by atoms with E-state index in [2.05, 4.69) is 9.44 Å². The number of nitrogens with one attached hydrogen (secondary N) is 2. The maximum atomic E-state index is 11.0. The lowest BCUT2D eigenvalue weighted by atomic mass is 10.1. The molecule has 92 valence electrons. The summed E-state index contributed by atoms with van der Waals surface area (Å²) in [4.78, 5) is 0. The number of sulfonamides is 2. The largest absolute Gasteiger partial charge is 0.225 e. The minimum atomic E-state index is -3.53. The smallest absolute Gasteiger partial charge is 0.213 e. The van der Waals surface area contributed by atoms with E-state index in [1.807, 2.05) is 0 Å². The molecule has 6 nitrogen and oxygen atoms in total. The monoisotopic (exact) mass is 278 g/mol. The Labute approximate surface area is 95.5 Å². The summed E-state index contributed by atoms with van der Waals surface area (Å²) in [6.07, 6.45) is 1.00. The Hall–Kier alpha value is 0.110. The fraction of sp³-hybridized carbons (Fsp3) is 1.00. The number of hydrogen-bond acceptors (Lipinski definition) is 4. The number of alkyl halides is 1. The van der Waals surface area contributed by atoms with Crippen LogP contribution in [-0.4, -0.2) is 40.4 Å². The third-order valence-corrected chi connectivity index (χ3v) is 4.00. The van der Waals surface area contributed by atoms with Crippen molar-refractivity contribution in [2.75, 3.05) is 18.0 Å². The third kappa shape index (κ3) is 7.97. The first-order chi connectivity index (χ1) is 6.47. The number of halogens is 1. The Kier molecular flexibility index (Phi) is 5.00. The van der Waals surface area contributed by atoms with Gasteiger partial charge in [-0.15, -0.1) is 11.6 Å². The second-order valence-electron chi connectivity index (χ2n) is 3.80. The van der Waals surface area contributed by atoms with Gasteiger partial charge in [0.1, 0.15) is 5.21 Å². The highest BCUT2D eigenvalue weighted by Gasteiger charge is 2.23. The molecule has 0 aliphatic rings. The van der Waals surface area contributed by atoms with Crippen molar-refractivity contribution >= 4 is 31.6 Å². The molecule has 0 unspecified atom stereocenters. The van der Waals surface area contributed by atoms with E-state index in [-0.39, 0.29) is 6.54 Å². The molecule has 0 fully saturated rings. The molecule has 0 spiro atoms. The highest BCUT2D eigenvalue weighted by atomic mass is 35.5. The number of rotatable bonds is 6. The zero-order valence-corrected chi connectivity index (χ0v) is 11.1. The Bertz CT molecular complexity index is 401. The van der Waals surface area contributed by atoms with Crippen LogP contribution in [0.1, 0.15) is 13.8 Å². The minimum Gasteiger partial charge on any atom is -0.213 e. The van der Waals surface area contributed by atoms with Gasteiger partial charge in [0.05, 0.1) is 6.26 Å². The second kappa shape index (κ2) is 4.96. The van der Waals surface area contributed by atoms with Crippen LogP contribution in [0, 0.1) is 0 Å². The van der Waals surface area contributed by atoms with E-state index in [1.54, 1.807) is 13.8 Å². The van der Waals surface area contributed by atoms with Gasteiger partial charge in [0.15, 0.2) is 0 Å². The summed E-state index contributed by atoms with van der Waals surface area (Å²) in [6, 6.07) is 0. The van der Waals surface area contributed by atoms with Crippen LogP contribution in [0.25, 0.3) is 0 Å². The summed E-state index contributed by atoms with van der Waals surface area (Å²) in [7, 11) is -6.90. The molecule has 0 saturated carbocycles. The molecule has 0 aliphatic carbocycles. The van der Waals surface area contributed by atoms with E-state index < -0.39 is 30.8 Å². The van der Waals surface area contributed by atoms with Gasteiger partial charge in [-0.3, -0.25) is 0 Å². The first kappa shape index (κ1) is 15.1. The summed E-state index contributed by atoms with van der Waals surface area (Å²) in [5, 5.41) is -0.554. The molecule has 0 heterocycles. The lowest BCUT2D eigenvalue weighted by Gasteiger charge is -2.24. The van der Waals surface area contributed by atoms with Gasteiger partial charge in [-0.05, 0) is 13.8 Å². The first-order valence-electron chi connectivity index (χ1n) is 4.00. The van der Waals surface area contributed by atoms with Crippen LogP contribution in [0.4, 0.5) is 0 Å². The summed E-state index contributed by atoms with van der Waals surface area (Å²) < 4.78 is 48.3. The highest BCUT2D eigenvalue weighted by molar-refractivity contribution is 7.90. The Morgan fingerprint density at radius 2 is 1.67 bits per heavy atom. The molecule has 0 aliphatic heterocycles. The van der Waals surface area contributed by atoms with Crippen LogP contribution in [0.15, 0.2) is 0 Å². The molecule has 0 aromatic heterocycles. The Morgan fingerprint density at radius 3 is 2.00 bits per heavy atom. The molecule has 9 heteroatoms. The predicted octanol–water partition coefficient (Wildman–Crippen LogP) is -0.570. The highest BCUT2D eigenvalue weighted by Crippen LogP contribution is 2.03. The van der Waals surface area contributed by atoms with E-state index in [4.69, 9.17) is 11.6 Å². The average Bonchev–Trinajstić information content (AvgIpc) is 1.97. The van der Waals surface area contributed by atoms with Crippen molar-refractivity contribution in [3.05, 3.63) is 0 Å². The van der Waals surface area contributed by atoms with E-state index in [9.17, 15) is 16.8 Å². The summed E-state index contributed by atoms with van der Waals surface area (Å²) in [5.41, 5.74) is -0.896. The van der Waals surface area contributed by atoms with Gasteiger partial charge >= 0.3 is 0 Å². The van der Waals surface area contributed by atoms with Crippen molar-refractivity contribution in [2.24, 2.45) is 0 Å². The van der Waals surface area contributed by atoms with Crippen LogP contribution in [0.2, 0.25) is 0 Å². The summed E-state index contributed by atoms with van der Waals surface area (Å²) in [5.74, 6) is 0. The SMILES string of the molecule is CC(C)(CNS(=O)(=O)CCl)NS(C)(=O)=O. The van der Waals surface area contributed by atoms with Gasteiger partial charge in [-0.2, -0.15) is 0 Å². The van der Waals surface area contributed by atoms with E-state index in [1.165, 1.54) is 0 Å². The third-order valence-electron chi connectivity index (χ3n) is 1.34. The normalized spacial score (nSPS) is 14.1. The topological polar surface area (TPSA) is 92.3 Å². The molecule has 0 atom stereocenters. The summed E-state index contributed by atoms with van der Waals surface area (Å²) in [6.45, 7) is 3.06. The van der Waals surface area contributed by atoms with E-state index in [0.717, 1.165) is 6.26 Å². The maximum Gasteiger partial charge on any atom is 0.225 e. The van der Waals surface area contributed by atoms with Crippen molar-refractivity contribution in [2.45, 2.75) is 19.4 Å². The quantitative estimate of drug-likeness (QED) is 0.637. The lowest BCUT2D eigenvalue weighted by Crippen LogP contribution is -2.51. The summed E-state index contributed by atoms with van der Waals surface area (Å²) >= 11 is 5.17. The van der Waals surface area contributed by atoms with Gasteiger partial charge in [0.2, 0.25) is 20.0 Å². The van der Waals surface area contributed by atoms with Crippen LogP contribution in [-0.2, 0) is 20.0 Å². The molecule has 0 rings (SSSR count). The van der Waals surface area contributed by atoms with Gasteiger partial charge in [-0.1, -0.05) is 0 Å². The van der Waals surface area contributed by atoms with Crippen LogP contribution in [0.3, 0.4) is 0 Å². The van der Waals surface area contributed by atoms with Crippen molar-refractivity contribution in [1.29, 1.82) is 0 Å². The fourth-order valence-corrected chi connectivity index (χ4v) is 2.83. The van der Waals surface area contributed by atoms with Gasteiger partial charge in [0.25, 0.3) is 0 Å². The first-order valence-corrected chi connectivity index (χ1v) is 8.07.